The van der Waals surface area contributed by atoms with Crippen LogP contribution in [0, 0.1) is 0 Å². The zero-order valence-electron chi connectivity index (χ0n) is 13.9. The van der Waals surface area contributed by atoms with Crippen LogP contribution in [0.1, 0.15) is 10.4 Å². The number of likely N-dealkylation sites (N-methyl/N-ethyl adjacent to an activating group) is 1. The van der Waals surface area contributed by atoms with Crippen molar-refractivity contribution >= 4 is 39.2 Å². The number of halogens is 1. The van der Waals surface area contributed by atoms with Crippen molar-refractivity contribution in [3.05, 3.63) is 28.2 Å². The maximum absolute atomic E-state index is 12.4. The van der Waals surface area contributed by atoms with E-state index in [0.717, 1.165) is 30.7 Å². The van der Waals surface area contributed by atoms with Gasteiger partial charge in [-0.25, -0.2) is 0 Å². The van der Waals surface area contributed by atoms with E-state index in [4.69, 9.17) is 21.7 Å². The zero-order valence-corrected chi connectivity index (χ0v) is 16.3. The van der Waals surface area contributed by atoms with Crippen LogP contribution in [0.15, 0.2) is 22.7 Å². The fourth-order valence-corrected chi connectivity index (χ4v) is 3.02. The van der Waals surface area contributed by atoms with E-state index in [9.17, 15) is 4.79 Å². The third-order valence-electron chi connectivity index (χ3n) is 3.75. The molecule has 132 valence electrons. The quantitative estimate of drug-likeness (QED) is 0.583. The van der Waals surface area contributed by atoms with Gasteiger partial charge in [-0.2, -0.15) is 0 Å². The van der Waals surface area contributed by atoms with Gasteiger partial charge in [0.1, 0.15) is 12.4 Å². The van der Waals surface area contributed by atoms with E-state index in [1.54, 1.807) is 25.3 Å². The molecule has 0 bridgehead atoms. The summed E-state index contributed by atoms with van der Waals surface area (Å²) in [6, 6.07) is 5.20. The van der Waals surface area contributed by atoms with Crippen LogP contribution >= 0.6 is 28.1 Å². The first-order valence-corrected chi connectivity index (χ1v) is 8.91. The zero-order chi connectivity index (χ0) is 17.5. The number of rotatable bonds is 5. The van der Waals surface area contributed by atoms with Gasteiger partial charge >= 0.3 is 0 Å². The summed E-state index contributed by atoms with van der Waals surface area (Å²) in [4.78, 5) is 16.6. The van der Waals surface area contributed by atoms with E-state index in [0.29, 0.717) is 29.6 Å². The number of methoxy groups -OCH3 is 1. The molecular weight excluding hydrogens is 394 g/mol. The Morgan fingerprint density at radius 2 is 2.00 bits per heavy atom. The van der Waals surface area contributed by atoms with Gasteiger partial charge in [0.15, 0.2) is 5.11 Å². The lowest BCUT2D eigenvalue weighted by molar-refractivity contribution is 0.0970. The molecule has 8 heteroatoms. The first kappa shape index (κ1) is 19.1. The molecule has 1 amide bonds. The summed E-state index contributed by atoms with van der Waals surface area (Å²) in [5.74, 6) is 0.452. The summed E-state index contributed by atoms with van der Waals surface area (Å²) in [7, 11) is 3.70. The maximum Gasteiger partial charge on any atom is 0.257 e. The molecule has 1 aliphatic heterocycles. The molecule has 0 spiro atoms. The fraction of sp³-hybridized carbons (Fsp3) is 0.500. The molecule has 6 nitrogen and oxygen atoms in total. The molecule has 2 rings (SSSR count). The molecule has 1 aliphatic rings. The number of nitrogens with one attached hydrogen (secondary N) is 1. The average Bonchev–Trinajstić information content (AvgIpc) is 2.57. The monoisotopic (exact) mass is 415 g/mol. The SMILES string of the molecule is COCCOc1ccc(C(=O)NC(=S)N2CCN(C)CC2)cc1Br. The minimum atomic E-state index is -0.219. The van der Waals surface area contributed by atoms with Crippen molar-refractivity contribution in [2.45, 2.75) is 0 Å². The van der Waals surface area contributed by atoms with Crippen LogP contribution in [0.25, 0.3) is 0 Å². The normalized spacial score (nSPS) is 15.2. The highest BCUT2D eigenvalue weighted by Gasteiger charge is 2.18. The standard InChI is InChI=1S/C16H22BrN3O3S/c1-19-5-7-20(8-6-19)16(24)18-15(21)12-3-4-14(13(17)11-12)23-10-9-22-2/h3-4,11H,5-10H2,1-2H3,(H,18,21,24). The summed E-state index contributed by atoms with van der Waals surface area (Å²) in [6.07, 6.45) is 0. The Hall–Kier alpha value is -1.22. The Labute approximate surface area is 156 Å². The van der Waals surface area contributed by atoms with Gasteiger partial charge in [-0.05, 0) is 53.4 Å². The Bertz CT molecular complexity index is 592. The van der Waals surface area contributed by atoms with Crippen molar-refractivity contribution in [1.82, 2.24) is 15.1 Å². The summed E-state index contributed by atoms with van der Waals surface area (Å²) in [5, 5.41) is 3.27. The molecule has 24 heavy (non-hydrogen) atoms. The largest absolute Gasteiger partial charge is 0.490 e. The molecule has 0 unspecified atom stereocenters. The molecule has 0 aliphatic carbocycles. The van der Waals surface area contributed by atoms with E-state index < -0.39 is 0 Å². The van der Waals surface area contributed by atoms with Crippen molar-refractivity contribution in [3.63, 3.8) is 0 Å². The van der Waals surface area contributed by atoms with Crippen molar-refractivity contribution in [3.8, 4) is 5.75 Å². The van der Waals surface area contributed by atoms with Crippen LogP contribution < -0.4 is 10.1 Å². The number of carbonyl (C=O) groups excluding carboxylic acids is 1. The maximum atomic E-state index is 12.4. The number of amides is 1. The van der Waals surface area contributed by atoms with Crippen LogP contribution in [-0.2, 0) is 4.74 Å². The molecular formula is C16H22BrN3O3S. The van der Waals surface area contributed by atoms with Gasteiger partial charge in [0.05, 0.1) is 11.1 Å². The minimum Gasteiger partial charge on any atom is -0.490 e. The number of ether oxygens (including phenoxy) is 2. The smallest absolute Gasteiger partial charge is 0.257 e. The third-order valence-corrected chi connectivity index (χ3v) is 4.73. The minimum absolute atomic E-state index is 0.219. The van der Waals surface area contributed by atoms with Crippen LogP contribution in [0.4, 0.5) is 0 Å². The lowest BCUT2D eigenvalue weighted by Gasteiger charge is -2.33. The number of piperazine rings is 1. The average molecular weight is 416 g/mol. The molecule has 0 aromatic heterocycles. The van der Waals surface area contributed by atoms with E-state index in [-0.39, 0.29) is 5.91 Å². The van der Waals surface area contributed by atoms with Gasteiger partial charge in [-0.15, -0.1) is 0 Å². The Balaban J connectivity index is 1.92. The van der Waals surface area contributed by atoms with Gasteiger partial charge in [0.25, 0.3) is 5.91 Å². The molecule has 1 fully saturated rings. The molecule has 0 radical (unpaired) electrons. The lowest BCUT2D eigenvalue weighted by Crippen LogP contribution is -2.51. The van der Waals surface area contributed by atoms with Crippen LogP contribution in [0.3, 0.4) is 0 Å². The number of benzene rings is 1. The highest BCUT2D eigenvalue weighted by atomic mass is 79.9. The van der Waals surface area contributed by atoms with Crippen molar-refractivity contribution in [2.24, 2.45) is 0 Å². The molecule has 1 aromatic rings. The van der Waals surface area contributed by atoms with Gasteiger partial charge in [-0.1, -0.05) is 0 Å². The first-order chi connectivity index (χ1) is 11.5. The van der Waals surface area contributed by atoms with Gasteiger partial charge in [-0.3, -0.25) is 10.1 Å². The Morgan fingerprint density at radius 3 is 2.62 bits per heavy atom. The fourth-order valence-electron chi connectivity index (χ4n) is 2.25. The van der Waals surface area contributed by atoms with Gasteiger partial charge in [0.2, 0.25) is 0 Å². The van der Waals surface area contributed by atoms with Gasteiger partial charge in [0, 0.05) is 38.9 Å². The van der Waals surface area contributed by atoms with Crippen molar-refractivity contribution < 1.29 is 14.3 Å². The molecule has 0 atom stereocenters. The second kappa shape index (κ2) is 9.31. The second-order valence-corrected chi connectivity index (χ2v) is 6.78. The predicted molar refractivity (Wildman–Crippen MR) is 101 cm³/mol. The summed E-state index contributed by atoms with van der Waals surface area (Å²) in [5.41, 5.74) is 0.525. The third kappa shape index (κ3) is 5.41. The number of carbonyl (C=O) groups is 1. The summed E-state index contributed by atoms with van der Waals surface area (Å²) < 4.78 is 11.2. The highest BCUT2D eigenvalue weighted by molar-refractivity contribution is 9.10. The van der Waals surface area contributed by atoms with Crippen LogP contribution in [0.5, 0.6) is 5.75 Å². The van der Waals surface area contributed by atoms with Crippen LogP contribution in [-0.4, -0.2) is 74.4 Å². The van der Waals surface area contributed by atoms with E-state index in [2.05, 4.69) is 33.2 Å². The molecule has 1 aromatic carbocycles. The Kier molecular flexibility index (Phi) is 7.41. The van der Waals surface area contributed by atoms with Crippen LogP contribution in [0.2, 0.25) is 0 Å². The number of hydrogen-bond donors (Lipinski definition) is 1. The number of nitrogens with zero attached hydrogens (tertiary/aromatic N) is 2. The summed E-state index contributed by atoms with van der Waals surface area (Å²) >= 11 is 8.77. The molecule has 0 saturated carbocycles. The summed E-state index contributed by atoms with van der Waals surface area (Å²) in [6.45, 7) is 4.49. The molecule has 1 heterocycles. The number of thiocarbonyl (C=S) groups is 1. The van der Waals surface area contributed by atoms with Crippen molar-refractivity contribution in [2.75, 3.05) is 53.6 Å². The van der Waals surface area contributed by atoms with E-state index in [1.807, 2.05) is 4.90 Å². The highest BCUT2D eigenvalue weighted by Crippen LogP contribution is 2.26. The number of hydrogen-bond acceptors (Lipinski definition) is 5. The molecule has 1 saturated heterocycles. The predicted octanol–water partition coefficient (Wildman–Crippen LogP) is 1.74. The Morgan fingerprint density at radius 1 is 1.29 bits per heavy atom. The van der Waals surface area contributed by atoms with Crippen molar-refractivity contribution in [1.29, 1.82) is 0 Å². The first-order valence-electron chi connectivity index (χ1n) is 7.71. The second-order valence-electron chi connectivity index (χ2n) is 5.54. The van der Waals surface area contributed by atoms with E-state index in [1.165, 1.54) is 0 Å². The van der Waals surface area contributed by atoms with E-state index >= 15 is 0 Å². The topological polar surface area (TPSA) is 54.0 Å². The lowest BCUT2D eigenvalue weighted by atomic mass is 10.2. The molecule has 1 N–H and O–H groups in total. The van der Waals surface area contributed by atoms with Gasteiger partial charge < -0.3 is 19.3 Å².